The zero-order chi connectivity index (χ0) is 18.9. The number of primary amides is 1. The van der Waals surface area contributed by atoms with Crippen molar-refractivity contribution in [2.45, 2.75) is 31.8 Å². The van der Waals surface area contributed by atoms with Crippen molar-refractivity contribution >= 4 is 23.1 Å². The molecule has 27 heavy (non-hydrogen) atoms. The average Bonchev–Trinajstić information content (AvgIpc) is 2.66. The molecule has 1 spiro atoms. The lowest BCUT2D eigenvalue weighted by Gasteiger charge is -2.43. The molecule has 4 N–H and O–H groups in total. The standard InChI is InChI=1S/C21H24N4O2/c1-14-3-2-4-15(11-14)13-23-20-21(7-9-27-10-8-21)25-17-6-5-16(19(22)26)12-18(17)24-20/h2-6,11-12,25H,7-10,13H2,1H3,(H2,22,26)(H,23,24). The Kier molecular flexibility index (Phi) is 4.58. The van der Waals surface area contributed by atoms with Crippen LogP contribution in [0.3, 0.4) is 0 Å². The average molecular weight is 364 g/mol. The van der Waals surface area contributed by atoms with Crippen LogP contribution in [0.15, 0.2) is 47.5 Å². The van der Waals surface area contributed by atoms with Crippen LogP contribution in [0.25, 0.3) is 0 Å². The van der Waals surface area contributed by atoms with Gasteiger partial charge >= 0.3 is 0 Å². The van der Waals surface area contributed by atoms with Crippen molar-refractivity contribution in [3.8, 4) is 0 Å². The molecule has 2 heterocycles. The quantitative estimate of drug-likeness (QED) is 0.781. The number of carbonyl (C=O) groups excluding carboxylic acids is 1. The zero-order valence-corrected chi connectivity index (χ0v) is 15.4. The van der Waals surface area contributed by atoms with Crippen molar-refractivity contribution in [2.75, 3.05) is 23.8 Å². The summed E-state index contributed by atoms with van der Waals surface area (Å²) in [7, 11) is 0. The molecule has 1 saturated heterocycles. The summed E-state index contributed by atoms with van der Waals surface area (Å²) in [5, 5.41) is 7.11. The normalized spacial score (nSPS) is 19.2. The van der Waals surface area contributed by atoms with E-state index in [1.54, 1.807) is 12.1 Å². The van der Waals surface area contributed by atoms with Gasteiger partial charge < -0.3 is 21.1 Å². The van der Waals surface area contributed by atoms with Crippen LogP contribution < -0.4 is 16.4 Å². The van der Waals surface area contributed by atoms with E-state index in [0.717, 1.165) is 30.1 Å². The predicted octanol–water partition coefficient (Wildman–Crippen LogP) is 3.08. The minimum absolute atomic E-state index is 0.274. The second-order valence-electron chi connectivity index (χ2n) is 7.22. The first-order valence-electron chi connectivity index (χ1n) is 9.23. The number of ether oxygens (including phenoxy) is 1. The second-order valence-corrected chi connectivity index (χ2v) is 7.22. The van der Waals surface area contributed by atoms with E-state index in [0.29, 0.717) is 25.3 Å². The fourth-order valence-electron chi connectivity index (χ4n) is 3.73. The van der Waals surface area contributed by atoms with Crippen LogP contribution in [0.5, 0.6) is 0 Å². The number of amides is 1. The van der Waals surface area contributed by atoms with E-state index in [-0.39, 0.29) is 5.54 Å². The number of aliphatic imine (C=N–C) groups is 1. The van der Waals surface area contributed by atoms with Gasteiger partial charge in [0.15, 0.2) is 0 Å². The fourth-order valence-corrected chi connectivity index (χ4v) is 3.73. The number of rotatable bonds is 3. The molecule has 0 aliphatic carbocycles. The Bertz CT molecular complexity index is 901. The zero-order valence-electron chi connectivity index (χ0n) is 15.4. The minimum atomic E-state index is -0.441. The van der Waals surface area contributed by atoms with Crippen LogP contribution in [0.4, 0.5) is 11.4 Å². The first-order chi connectivity index (χ1) is 13.1. The summed E-state index contributed by atoms with van der Waals surface area (Å²) in [5.74, 6) is 0.450. The summed E-state index contributed by atoms with van der Waals surface area (Å²) >= 11 is 0. The number of hydrogen-bond acceptors (Lipinski definition) is 4. The summed E-state index contributed by atoms with van der Waals surface area (Å²) in [6.07, 6.45) is 1.67. The Labute approximate surface area is 158 Å². The van der Waals surface area contributed by atoms with Crippen molar-refractivity contribution in [2.24, 2.45) is 10.7 Å². The van der Waals surface area contributed by atoms with E-state index in [4.69, 9.17) is 15.5 Å². The van der Waals surface area contributed by atoms with Gasteiger partial charge in [0, 0.05) is 31.6 Å². The lowest BCUT2D eigenvalue weighted by molar-refractivity contribution is 0.0778. The van der Waals surface area contributed by atoms with E-state index in [1.807, 2.05) is 6.07 Å². The van der Waals surface area contributed by atoms with E-state index in [1.165, 1.54) is 11.1 Å². The van der Waals surface area contributed by atoms with Crippen molar-refractivity contribution in [1.82, 2.24) is 0 Å². The highest BCUT2D eigenvalue weighted by molar-refractivity contribution is 6.10. The molecule has 1 fully saturated rings. The van der Waals surface area contributed by atoms with E-state index in [2.05, 4.69) is 41.8 Å². The fraction of sp³-hybridized carbons (Fsp3) is 0.333. The first-order valence-corrected chi connectivity index (χ1v) is 9.23. The molecule has 1 amide bonds. The van der Waals surface area contributed by atoms with Crippen molar-refractivity contribution in [3.63, 3.8) is 0 Å². The molecule has 0 bridgehead atoms. The maximum Gasteiger partial charge on any atom is 0.248 e. The third-order valence-electron chi connectivity index (χ3n) is 5.23. The molecular formula is C21H24N4O2. The molecule has 6 heteroatoms. The molecule has 0 atom stereocenters. The molecule has 2 aliphatic heterocycles. The summed E-state index contributed by atoms with van der Waals surface area (Å²) in [6, 6.07) is 13.8. The maximum atomic E-state index is 11.5. The number of nitrogens with two attached hydrogens (primary N) is 1. The highest BCUT2D eigenvalue weighted by Gasteiger charge is 2.41. The van der Waals surface area contributed by atoms with E-state index in [9.17, 15) is 4.79 Å². The van der Waals surface area contributed by atoms with Crippen molar-refractivity contribution < 1.29 is 9.53 Å². The van der Waals surface area contributed by atoms with Crippen LogP contribution in [-0.2, 0) is 11.3 Å². The number of nitrogens with one attached hydrogen (secondary N) is 2. The SMILES string of the molecule is Cc1cccc(CN=C2Nc3cc(C(N)=O)ccc3NC23CCOCC3)c1. The van der Waals surface area contributed by atoms with Gasteiger partial charge in [0.25, 0.3) is 0 Å². The molecule has 0 aromatic heterocycles. The molecule has 140 valence electrons. The van der Waals surface area contributed by atoms with Gasteiger partial charge in [0.1, 0.15) is 5.84 Å². The molecule has 4 rings (SSSR count). The maximum absolute atomic E-state index is 11.5. The van der Waals surface area contributed by atoms with Gasteiger partial charge in [-0.3, -0.25) is 9.79 Å². The number of amidine groups is 1. The van der Waals surface area contributed by atoms with Gasteiger partial charge in [-0.2, -0.15) is 0 Å². The number of aryl methyl sites for hydroxylation is 1. The van der Waals surface area contributed by atoms with Gasteiger partial charge in [-0.25, -0.2) is 0 Å². The molecule has 0 radical (unpaired) electrons. The summed E-state index contributed by atoms with van der Waals surface area (Å²) in [6.45, 7) is 4.05. The smallest absolute Gasteiger partial charge is 0.248 e. The topological polar surface area (TPSA) is 88.7 Å². The Hall–Kier alpha value is -2.86. The number of fused-ring (bicyclic) bond motifs is 1. The Morgan fingerprint density at radius 2 is 2.00 bits per heavy atom. The summed E-state index contributed by atoms with van der Waals surface area (Å²) in [5.41, 5.74) is 9.81. The third-order valence-corrected chi connectivity index (χ3v) is 5.23. The van der Waals surface area contributed by atoms with Crippen molar-refractivity contribution in [3.05, 3.63) is 59.2 Å². The Morgan fingerprint density at radius 1 is 1.19 bits per heavy atom. The third kappa shape index (κ3) is 3.53. The minimum Gasteiger partial charge on any atom is -0.381 e. The number of carbonyl (C=O) groups is 1. The van der Waals surface area contributed by atoms with Crippen LogP contribution in [0, 0.1) is 6.92 Å². The van der Waals surface area contributed by atoms with Gasteiger partial charge in [-0.1, -0.05) is 29.8 Å². The monoisotopic (exact) mass is 364 g/mol. The molecule has 0 unspecified atom stereocenters. The van der Waals surface area contributed by atoms with Crippen LogP contribution in [0.1, 0.15) is 34.3 Å². The Morgan fingerprint density at radius 3 is 2.74 bits per heavy atom. The molecule has 2 aliphatic rings. The summed E-state index contributed by atoms with van der Waals surface area (Å²) < 4.78 is 5.58. The van der Waals surface area contributed by atoms with Gasteiger partial charge in [-0.05, 0) is 30.7 Å². The second kappa shape index (κ2) is 7.04. The number of anilines is 2. The van der Waals surface area contributed by atoms with Crippen LogP contribution >= 0.6 is 0 Å². The van der Waals surface area contributed by atoms with Gasteiger partial charge in [0.05, 0.1) is 23.5 Å². The lowest BCUT2D eigenvalue weighted by atomic mass is 9.85. The molecule has 2 aromatic rings. The van der Waals surface area contributed by atoms with Crippen molar-refractivity contribution in [1.29, 1.82) is 0 Å². The van der Waals surface area contributed by atoms with Crippen LogP contribution in [0.2, 0.25) is 0 Å². The van der Waals surface area contributed by atoms with Gasteiger partial charge in [-0.15, -0.1) is 0 Å². The predicted molar refractivity (Wildman–Crippen MR) is 107 cm³/mol. The van der Waals surface area contributed by atoms with E-state index >= 15 is 0 Å². The molecule has 2 aromatic carbocycles. The number of nitrogens with zero attached hydrogens (tertiary/aromatic N) is 1. The molecule has 0 saturated carbocycles. The summed E-state index contributed by atoms with van der Waals surface area (Å²) in [4.78, 5) is 16.4. The lowest BCUT2D eigenvalue weighted by Crippen LogP contribution is -2.55. The van der Waals surface area contributed by atoms with Gasteiger partial charge in [0.2, 0.25) is 5.91 Å². The number of hydrogen-bond donors (Lipinski definition) is 3. The van der Waals surface area contributed by atoms with E-state index < -0.39 is 5.91 Å². The Balaban J connectivity index is 1.69. The molecular weight excluding hydrogens is 340 g/mol. The largest absolute Gasteiger partial charge is 0.381 e. The highest BCUT2D eigenvalue weighted by Crippen LogP contribution is 2.37. The highest BCUT2D eigenvalue weighted by atomic mass is 16.5. The molecule has 6 nitrogen and oxygen atoms in total. The van der Waals surface area contributed by atoms with Crippen LogP contribution in [-0.4, -0.2) is 30.5 Å². The first kappa shape index (κ1) is 17.5. The number of benzene rings is 2.